The van der Waals surface area contributed by atoms with Gasteiger partial charge in [0, 0.05) is 38.1 Å². The Labute approximate surface area is 192 Å². The highest BCUT2D eigenvalue weighted by Gasteiger charge is 2.14. The molecule has 8 heteroatoms. The molecule has 6 nitrogen and oxygen atoms in total. The van der Waals surface area contributed by atoms with Gasteiger partial charge < -0.3 is 14.5 Å². The minimum Gasteiger partial charge on any atom is -0.497 e. The number of methoxy groups -OCH3 is 2. The van der Waals surface area contributed by atoms with E-state index in [1.54, 1.807) is 20.3 Å². The normalized spacial score (nSPS) is 12.0. The lowest BCUT2D eigenvalue weighted by atomic mass is 10.1. The van der Waals surface area contributed by atoms with Gasteiger partial charge in [-0.15, -0.1) is 17.9 Å². The number of nitrogens with one attached hydrogen (secondary N) is 1. The molecule has 2 heterocycles. The van der Waals surface area contributed by atoms with Crippen LogP contribution in [0.3, 0.4) is 0 Å². The second-order valence-corrected chi connectivity index (χ2v) is 8.34. The van der Waals surface area contributed by atoms with Gasteiger partial charge in [-0.3, -0.25) is 4.99 Å². The Morgan fingerprint density at radius 3 is 2.84 bits per heavy atom. The number of H-pyrrole nitrogens is 1. The molecule has 158 valence electrons. The fraction of sp³-hybridized carbons (Fsp3) is 0.130. The van der Waals surface area contributed by atoms with E-state index in [4.69, 9.17) is 14.6 Å². The summed E-state index contributed by atoms with van der Waals surface area (Å²) in [5, 5.41) is 7.89. The molecule has 2 aromatic heterocycles. The van der Waals surface area contributed by atoms with Gasteiger partial charge in [-0.2, -0.15) is 5.10 Å². The molecule has 4 aromatic rings. The van der Waals surface area contributed by atoms with Gasteiger partial charge >= 0.3 is 0 Å². The summed E-state index contributed by atoms with van der Waals surface area (Å²) < 4.78 is 13.8. The molecule has 0 aliphatic carbocycles. The van der Waals surface area contributed by atoms with E-state index in [1.807, 2.05) is 52.8 Å². The zero-order valence-electron chi connectivity index (χ0n) is 17.1. The number of hydrogen-bond acceptors (Lipinski definition) is 5. The highest BCUT2D eigenvalue weighted by Crippen LogP contribution is 2.33. The fourth-order valence-corrected chi connectivity index (χ4v) is 4.40. The van der Waals surface area contributed by atoms with Gasteiger partial charge in [0.1, 0.15) is 11.5 Å². The molecule has 0 aliphatic rings. The molecule has 4 rings (SSSR count). The molecule has 0 amide bonds. The minimum absolute atomic E-state index is 0.505. The first-order chi connectivity index (χ1) is 15.1. The van der Waals surface area contributed by atoms with E-state index in [-0.39, 0.29) is 0 Å². The zero-order valence-corrected chi connectivity index (χ0v) is 19.5. The van der Waals surface area contributed by atoms with Gasteiger partial charge in [0.15, 0.2) is 0 Å². The Bertz CT molecular complexity index is 1330. The topological polar surface area (TPSA) is 63.9 Å². The number of hydrogen-bond donors (Lipinski definition) is 1. The standard InChI is InChI=1S/C23H21BrN4O2S/c1-4-9-25-23-28(27-13-15-12-26-20-7-5-16(24)10-18(15)20)21(14-31-23)19-11-17(29-2)6-8-22(19)30-3/h4-8,10-14,26H,1,9H2,2-3H3. The molecule has 0 fully saturated rings. The van der Waals surface area contributed by atoms with Crippen LogP contribution in [0, 0.1) is 0 Å². The third kappa shape index (κ3) is 4.35. The average Bonchev–Trinajstić information content (AvgIpc) is 3.38. The molecule has 2 aromatic carbocycles. The van der Waals surface area contributed by atoms with E-state index in [0.717, 1.165) is 48.5 Å². The van der Waals surface area contributed by atoms with Crippen LogP contribution in [0.25, 0.3) is 22.2 Å². The molecule has 1 N–H and O–H groups in total. The molecule has 0 atom stereocenters. The van der Waals surface area contributed by atoms with E-state index >= 15 is 0 Å². The maximum absolute atomic E-state index is 5.59. The summed E-state index contributed by atoms with van der Waals surface area (Å²) in [6.07, 6.45) is 5.54. The Morgan fingerprint density at radius 2 is 2.06 bits per heavy atom. The molecule has 31 heavy (non-hydrogen) atoms. The van der Waals surface area contributed by atoms with Crippen molar-refractivity contribution in [1.29, 1.82) is 0 Å². The van der Waals surface area contributed by atoms with E-state index in [1.165, 1.54) is 11.3 Å². The van der Waals surface area contributed by atoms with E-state index < -0.39 is 0 Å². The van der Waals surface area contributed by atoms with Crippen LogP contribution in [0.15, 0.2) is 75.2 Å². The number of nitrogens with zero attached hydrogens (tertiary/aromatic N) is 3. The molecule has 0 saturated carbocycles. The number of aromatic nitrogens is 2. The van der Waals surface area contributed by atoms with E-state index in [2.05, 4.69) is 38.6 Å². The maximum atomic E-state index is 5.59. The molecule has 0 bridgehead atoms. The quantitative estimate of drug-likeness (QED) is 0.273. The first-order valence-corrected chi connectivity index (χ1v) is 11.2. The summed E-state index contributed by atoms with van der Waals surface area (Å²) in [5.41, 5.74) is 3.76. The van der Waals surface area contributed by atoms with Crippen LogP contribution in [0.1, 0.15) is 5.56 Å². The molecule has 0 unspecified atom stereocenters. The number of rotatable bonds is 7. The van der Waals surface area contributed by atoms with Gasteiger partial charge in [-0.05, 0) is 36.4 Å². The number of ether oxygens (including phenoxy) is 2. The van der Waals surface area contributed by atoms with Crippen LogP contribution in [-0.4, -0.2) is 36.6 Å². The van der Waals surface area contributed by atoms with Crippen molar-refractivity contribution in [3.8, 4) is 22.8 Å². The molecule has 0 radical (unpaired) electrons. The van der Waals surface area contributed by atoms with Gasteiger partial charge in [0.25, 0.3) is 0 Å². The number of halogens is 1. The van der Waals surface area contributed by atoms with Gasteiger partial charge in [-0.25, -0.2) is 4.68 Å². The Morgan fingerprint density at radius 1 is 1.19 bits per heavy atom. The van der Waals surface area contributed by atoms with Gasteiger partial charge in [0.2, 0.25) is 4.80 Å². The summed E-state index contributed by atoms with van der Waals surface area (Å²) in [5.74, 6) is 1.47. The van der Waals surface area contributed by atoms with Crippen molar-refractivity contribution in [2.75, 3.05) is 20.8 Å². The lowest BCUT2D eigenvalue weighted by molar-refractivity contribution is 0.404. The molecule has 0 spiro atoms. The van der Waals surface area contributed by atoms with Crippen LogP contribution < -0.4 is 14.3 Å². The van der Waals surface area contributed by atoms with Crippen molar-refractivity contribution in [2.45, 2.75) is 0 Å². The van der Waals surface area contributed by atoms with Crippen molar-refractivity contribution in [3.63, 3.8) is 0 Å². The van der Waals surface area contributed by atoms with Crippen LogP contribution in [0.4, 0.5) is 0 Å². The number of fused-ring (bicyclic) bond motifs is 1. The zero-order chi connectivity index (χ0) is 21.8. The lowest BCUT2D eigenvalue weighted by Crippen LogP contribution is -2.12. The number of aromatic amines is 1. The highest BCUT2D eigenvalue weighted by atomic mass is 79.9. The monoisotopic (exact) mass is 496 g/mol. The van der Waals surface area contributed by atoms with Crippen LogP contribution in [0.2, 0.25) is 0 Å². The first kappa shape index (κ1) is 21.1. The summed E-state index contributed by atoms with van der Waals surface area (Å²) in [4.78, 5) is 8.65. The second kappa shape index (κ2) is 9.36. The lowest BCUT2D eigenvalue weighted by Gasteiger charge is -2.11. The maximum Gasteiger partial charge on any atom is 0.206 e. The van der Waals surface area contributed by atoms with E-state index in [9.17, 15) is 0 Å². The third-order valence-electron chi connectivity index (χ3n) is 4.71. The van der Waals surface area contributed by atoms with Crippen LogP contribution in [0.5, 0.6) is 11.5 Å². The SMILES string of the molecule is C=CCN=c1scc(-c2cc(OC)ccc2OC)n1N=Cc1c[nH]c2ccc(Br)cc12. The predicted molar refractivity (Wildman–Crippen MR) is 130 cm³/mol. The van der Waals surface area contributed by atoms with Gasteiger partial charge in [-0.1, -0.05) is 22.0 Å². The predicted octanol–water partition coefficient (Wildman–Crippen LogP) is 5.45. The number of thiazole rings is 1. The van der Waals surface area contributed by atoms with Crippen LogP contribution >= 0.6 is 27.3 Å². The third-order valence-corrected chi connectivity index (χ3v) is 6.06. The van der Waals surface area contributed by atoms with Crippen molar-refractivity contribution in [2.24, 2.45) is 10.1 Å². The molecule has 0 saturated heterocycles. The Balaban J connectivity index is 1.87. The number of benzene rings is 2. The average molecular weight is 497 g/mol. The second-order valence-electron chi connectivity index (χ2n) is 6.59. The molecular weight excluding hydrogens is 476 g/mol. The Hall–Kier alpha value is -3.10. The van der Waals surface area contributed by atoms with Crippen molar-refractivity contribution in [3.05, 3.63) is 75.5 Å². The molecule has 0 aliphatic heterocycles. The molecular formula is C23H21BrN4O2S. The highest BCUT2D eigenvalue weighted by molar-refractivity contribution is 9.10. The largest absolute Gasteiger partial charge is 0.497 e. The van der Waals surface area contributed by atoms with Crippen molar-refractivity contribution in [1.82, 2.24) is 9.66 Å². The van der Waals surface area contributed by atoms with Crippen molar-refractivity contribution >= 4 is 44.4 Å². The Kier molecular flexibility index (Phi) is 6.39. The smallest absolute Gasteiger partial charge is 0.206 e. The summed E-state index contributed by atoms with van der Waals surface area (Å²) in [7, 11) is 3.30. The fourth-order valence-electron chi connectivity index (χ4n) is 3.20. The summed E-state index contributed by atoms with van der Waals surface area (Å²) in [6.45, 7) is 4.27. The summed E-state index contributed by atoms with van der Waals surface area (Å²) >= 11 is 5.05. The van der Waals surface area contributed by atoms with Crippen LogP contribution in [-0.2, 0) is 0 Å². The minimum atomic E-state index is 0.505. The van der Waals surface area contributed by atoms with Gasteiger partial charge in [0.05, 0.1) is 32.7 Å². The van der Waals surface area contributed by atoms with E-state index in [0.29, 0.717) is 6.54 Å². The first-order valence-electron chi connectivity index (χ1n) is 9.50. The summed E-state index contributed by atoms with van der Waals surface area (Å²) in [6, 6.07) is 11.8. The van der Waals surface area contributed by atoms with Crippen molar-refractivity contribution < 1.29 is 9.47 Å².